The minimum Gasteiger partial charge on any atom is -0.208 e. The second kappa shape index (κ2) is 2.46. The van der Waals surface area contributed by atoms with Crippen LogP contribution in [-0.4, -0.2) is 11.8 Å². The molecule has 0 saturated heterocycles. The van der Waals surface area contributed by atoms with E-state index >= 15 is 0 Å². The largest absolute Gasteiger partial charge is 0.319 e. The molecule has 0 aromatic rings. The molecule has 14 heavy (non-hydrogen) atoms. The normalized spacial score (nSPS) is 39.0. The molecule has 0 radical (unpaired) electrons. The number of rotatable bonds is 0. The van der Waals surface area contributed by atoms with E-state index in [2.05, 4.69) is 0 Å². The van der Waals surface area contributed by atoms with Crippen molar-refractivity contribution in [3.63, 3.8) is 0 Å². The molecule has 3 aliphatic rings. The van der Waals surface area contributed by atoms with Crippen molar-refractivity contribution >= 4 is 0 Å². The predicted octanol–water partition coefficient (Wildman–Crippen LogP) is 3.45. The topological polar surface area (TPSA) is 0 Å². The molecule has 0 spiro atoms. The lowest BCUT2D eigenvalue weighted by Gasteiger charge is -2.45. The summed E-state index contributed by atoms with van der Waals surface area (Å²) in [6, 6.07) is 0. The minimum absolute atomic E-state index is 0.424. The number of alkyl halides is 4. The number of hydrogen-bond acceptors (Lipinski definition) is 0. The summed E-state index contributed by atoms with van der Waals surface area (Å²) in [5.41, 5.74) is 0. The number of allylic oxidation sites excluding steroid dienone is 2. The molecule has 0 heterocycles. The quantitative estimate of drug-likeness (QED) is 0.544. The SMILES string of the molecule is FC1=C(F)C2CCC1C(F)(F)C2(F)F. The van der Waals surface area contributed by atoms with E-state index in [0.29, 0.717) is 0 Å². The molecule has 0 N–H and O–H groups in total. The van der Waals surface area contributed by atoms with E-state index in [4.69, 9.17) is 0 Å². The standard InChI is InChI=1S/C8H6F6/c9-5-3-1-2-4(6(5)10)8(13,14)7(3,11)12/h3-4H,1-2H2. The Hall–Kier alpha value is -0.680. The van der Waals surface area contributed by atoms with Gasteiger partial charge in [-0.2, -0.15) is 17.6 Å². The molecular formula is C8H6F6. The Morgan fingerprint density at radius 2 is 1.07 bits per heavy atom. The molecule has 1 fully saturated rings. The Morgan fingerprint density at radius 1 is 0.786 bits per heavy atom. The third kappa shape index (κ3) is 0.866. The van der Waals surface area contributed by atoms with Gasteiger partial charge in [-0.05, 0) is 12.8 Å². The van der Waals surface area contributed by atoms with Gasteiger partial charge in [0.2, 0.25) is 0 Å². The molecule has 0 aromatic carbocycles. The molecule has 0 amide bonds. The molecule has 0 aliphatic heterocycles. The number of halogens is 6. The van der Waals surface area contributed by atoms with Crippen LogP contribution in [0.1, 0.15) is 12.8 Å². The van der Waals surface area contributed by atoms with Crippen molar-refractivity contribution in [1.82, 2.24) is 0 Å². The third-order valence-electron chi connectivity index (χ3n) is 2.90. The van der Waals surface area contributed by atoms with Crippen molar-refractivity contribution in [2.45, 2.75) is 24.7 Å². The first-order valence-electron chi connectivity index (χ1n) is 4.11. The van der Waals surface area contributed by atoms with Crippen LogP contribution < -0.4 is 0 Å². The fourth-order valence-electron chi connectivity index (χ4n) is 2.07. The van der Waals surface area contributed by atoms with Crippen LogP contribution in [-0.2, 0) is 0 Å². The van der Waals surface area contributed by atoms with Crippen LogP contribution in [0.25, 0.3) is 0 Å². The van der Waals surface area contributed by atoms with Crippen molar-refractivity contribution in [1.29, 1.82) is 0 Å². The molecular weight excluding hydrogens is 210 g/mol. The Bertz CT molecular complexity index is 275. The molecule has 1 saturated carbocycles. The van der Waals surface area contributed by atoms with Crippen molar-refractivity contribution < 1.29 is 26.3 Å². The molecule has 6 heteroatoms. The molecule has 3 rings (SSSR count). The Balaban J connectivity index is 2.57. The Labute approximate surface area is 75.6 Å². The summed E-state index contributed by atoms with van der Waals surface area (Å²) in [5.74, 6) is -16.9. The Morgan fingerprint density at radius 3 is 1.36 bits per heavy atom. The van der Waals surface area contributed by atoms with Gasteiger partial charge < -0.3 is 0 Å². The summed E-state index contributed by atoms with van der Waals surface area (Å²) in [6.45, 7) is 0. The summed E-state index contributed by atoms with van der Waals surface area (Å²) in [5, 5.41) is 0. The molecule has 2 unspecified atom stereocenters. The first-order chi connectivity index (χ1) is 6.30. The molecule has 80 valence electrons. The molecule has 3 aliphatic carbocycles. The summed E-state index contributed by atoms with van der Waals surface area (Å²) < 4.78 is 77.2. The average molecular weight is 216 g/mol. The monoisotopic (exact) mass is 216 g/mol. The summed E-state index contributed by atoms with van der Waals surface area (Å²) in [7, 11) is 0. The van der Waals surface area contributed by atoms with Crippen molar-refractivity contribution in [2.75, 3.05) is 0 Å². The van der Waals surface area contributed by atoms with E-state index < -0.39 is 48.2 Å². The number of fused-ring (bicyclic) bond motifs is 2. The van der Waals surface area contributed by atoms with Gasteiger partial charge in [-0.1, -0.05) is 0 Å². The van der Waals surface area contributed by atoms with Crippen LogP contribution in [0.15, 0.2) is 11.7 Å². The first kappa shape index (κ1) is 9.86. The highest BCUT2D eigenvalue weighted by Crippen LogP contribution is 2.61. The zero-order chi connectivity index (χ0) is 10.7. The fraction of sp³-hybridized carbons (Fsp3) is 0.750. The minimum atomic E-state index is -4.46. The molecule has 2 bridgehead atoms. The van der Waals surface area contributed by atoms with Gasteiger partial charge in [0.1, 0.15) is 11.7 Å². The maximum Gasteiger partial charge on any atom is 0.319 e. The first-order valence-corrected chi connectivity index (χ1v) is 4.11. The highest BCUT2D eigenvalue weighted by Gasteiger charge is 2.72. The van der Waals surface area contributed by atoms with Gasteiger partial charge >= 0.3 is 11.8 Å². The molecule has 0 aromatic heterocycles. The van der Waals surface area contributed by atoms with Crippen LogP contribution in [0.5, 0.6) is 0 Å². The van der Waals surface area contributed by atoms with Gasteiger partial charge in [0.15, 0.2) is 0 Å². The van der Waals surface area contributed by atoms with E-state index in [-0.39, 0.29) is 0 Å². The highest BCUT2D eigenvalue weighted by atomic mass is 19.3. The van der Waals surface area contributed by atoms with Crippen molar-refractivity contribution in [3.8, 4) is 0 Å². The summed E-state index contributed by atoms with van der Waals surface area (Å²) >= 11 is 0. The zero-order valence-corrected chi connectivity index (χ0v) is 6.84. The lowest BCUT2D eigenvalue weighted by atomic mass is 9.69. The second-order valence-corrected chi connectivity index (χ2v) is 3.62. The summed E-state index contributed by atoms with van der Waals surface area (Å²) in [6.07, 6.45) is -0.848. The Kier molecular flexibility index (Phi) is 1.73. The smallest absolute Gasteiger partial charge is 0.208 e. The van der Waals surface area contributed by atoms with Crippen LogP contribution >= 0.6 is 0 Å². The van der Waals surface area contributed by atoms with E-state index in [1.54, 1.807) is 0 Å². The van der Waals surface area contributed by atoms with Gasteiger partial charge in [0, 0.05) is 0 Å². The van der Waals surface area contributed by atoms with E-state index in [1.165, 1.54) is 0 Å². The predicted molar refractivity (Wildman–Crippen MR) is 35.4 cm³/mol. The average Bonchev–Trinajstić information content (AvgIpc) is 2.06. The second-order valence-electron chi connectivity index (χ2n) is 3.62. The maximum absolute atomic E-state index is 12.9. The van der Waals surface area contributed by atoms with Gasteiger partial charge in [0.05, 0.1) is 11.8 Å². The van der Waals surface area contributed by atoms with E-state index in [9.17, 15) is 26.3 Å². The zero-order valence-electron chi connectivity index (χ0n) is 6.84. The maximum atomic E-state index is 12.9. The molecule has 2 atom stereocenters. The van der Waals surface area contributed by atoms with E-state index in [0.717, 1.165) is 0 Å². The molecule has 0 nitrogen and oxygen atoms in total. The van der Waals surface area contributed by atoms with Crippen molar-refractivity contribution in [2.24, 2.45) is 11.8 Å². The van der Waals surface area contributed by atoms with Crippen molar-refractivity contribution in [3.05, 3.63) is 11.7 Å². The summed E-state index contributed by atoms with van der Waals surface area (Å²) in [4.78, 5) is 0. The van der Waals surface area contributed by atoms with Gasteiger partial charge in [0.25, 0.3) is 0 Å². The number of hydrogen-bond donors (Lipinski definition) is 0. The van der Waals surface area contributed by atoms with Gasteiger partial charge in [-0.25, -0.2) is 8.78 Å². The van der Waals surface area contributed by atoms with Gasteiger partial charge in [-0.3, -0.25) is 0 Å². The highest BCUT2D eigenvalue weighted by molar-refractivity contribution is 5.25. The van der Waals surface area contributed by atoms with E-state index in [1.807, 2.05) is 0 Å². The fourth-order valence-corrected chi connectivity index (χ4v) is 2.07. The third-order valence-corrected chi connectivity index (χ3v) is 2.90. The van der Waals surface area contributed by atoms with Gasteiger partial charge in [-0.15, -0.1) is 0 Å². The van der Waals surface area contributed by atoms with Crippen LogP contribution in [0, 0.1) is 11.8 Å². The van der Waals surface area contributed by atoms with Crippen LogP contribution in [0.2, 0.25) is 0 Å². The van der Waals surface area contributed by atoms with Crippen LogP contribution in [0.3, 0.4) is 0 Å². The lowest BCUT2D eigenvalue weighted by Crippen LogP contribution is -2.58. The lowest BCUT2D eigenvalue weighted by molar-refractivity contribution is -0.282. The van der Waals surface area contributed by atoms with Crippen LogP contribution in [0.4, 0.5) is 26.3 Å².